The molecule has 0 spiro atoms. The van der Waals surface area contributed by atoms with Gasteiger partial charge in [0.25, 0.3) is 0 Å². The number of rotatable bonds is 4. The number of fused-ring (bicyclic) bond motifs is 10. The lowest BCUT2D eigenvalue weighted by Crippen LogP contribution is -2.36. The number of aliphatic imine (C=N–C) groups is 2. The summed E-state index contributed by atoms with van der Waals surface area (Å²) in [7, 11) is 0. The summed E-state index contributed by atoms with van der Waals surface area (Å²) in [6, 6.07) is 67.0. The molecular formula is C53H33N3O. The molecule has 0 radical (unpaired) electrons. The van der Waals surface area contributed by atoms with Crippen LogP contribution >= 0.6 is 0 Å². The van der Waals surface area contributed by atoms with Gasteiger partial charge in [-0.25, -0.2) is 9.98 Å². The molecule has 0 saturated carbocycles. The molecule has 0 atom stereocenters. The number of hydrogen-bond acceptors (Lipinski definition) is 4. The van der Waals surface area contributed by atoms with Crippen molar-refractivity contribution in [2.45, 2.75) is 6.17 Å². The van der Waals surface area contributed by atoms with Crippen LogP contribution in [-0.4, -0.2) is 11.7 Å². The monoisotopic (exact) mass is 727 g/mol. The minimum absolute atomic E-state index is 0.471. The van der Waals surface area contributed by atoms with Gasteiger partial charge in [-0.05, 0) is 107 Å². The molecule has 12 rings (SSSR count). The molecule has 1 aliphatic rings. The molecule has 1 aliphatic heterocycles. The first-order valence-electron chi connectivity index (χ1n) is 19.4. The van der Waals surface area contributed by atoms with Crippen LogP contribution in [0.25, 0.3) is 86.9 Å². The van der Waals surface area contributed by atoms with Gasteiger partial charge in [0.05, 0.1) is 0 Å². The zero-order chi connectivity index (χ0) is 37.5. The van der Waals surface area contributed by atoms with Crippen LogP contribution in [-0.2, 0) is 0 Å². The maximum absolute atomic E-state index is 6.23. The van der Waals surface area contributed by atoms with Crippen LogP contribution in [0, 0.1) is 0 Å². The Bertz CT molecular complexity index is 3380. The van der Waals surface area contributed by atoms with Crippen LogP contribution in [0.1, 0.15) is 22.9 Å². The van der Waals surface area contributed by atoms with E-state index in [9.17, 15) is 0 Å². The Labute approximate surface area is 328 Å². The first-order valence-corrected chi connectivity index (χ1v) is 19.4. The fourth-order valence-corrected chi connectivity index (χ4v) is 8.98. The Morgan fingerprint density at radius 3 is 1.56 bits per heavy atom. The number of amidine groups is 2. The molecule has 1 N–H and O–H groups in total. The van der Waals surface area contributed by atoms with E-state index in [2.05, 4.69) is 181 Å². The van der Waals surface area contributed by atoms with Gasteiger partial charge in [-0.2, -0.15) is 0 Å². The van der Waals surface area contributed by atoms with Gasteiger partial charge in [-0.3, -0.25) is 0 Å². The highest BCUT2D eigenvalue weighted by Gasteiger charge is 2.24. The highest BCUT2D eigenvalue weighted by atomic mass is 16.3. The molecule has 10 aromatic carbocycles. The van der Waals surface area contributed by atoms with Gasteiger partial charge in [-0.1, -0.05) is 152 Å². The fraction of sp³-hybridized carbons (Fsp3) is 0.0189. The fourth-order valence-electron chi connectivity index (χ4n) is 8.98. The molecule has 4 nitrogen and oxygen atoms in total. The van der Waals surface area contributed by atoms with E-state index in [1.807, 2.05) is 12.1 Å². The van der Waals surface area contributed by atoms with E-state index in [-0.39, 0.29) is 0 Å². The Balaban J connectivity index is 1.04. The van der Waals surface area contributed by atoms with Crippen LogP contribution in [0.5, 0.6) is 0 Å². The van der Waals surface area contributed by atoms with Gasteiger partial charge >= 0.3 is 0 Å². The molecule has 4 heteroatoms. The summed E-state index contributed by atoms with van der Waals surface area (Å²) in [6.07, 6.45) is -0.471. The van der Waals surface area contributed by atoms with Gasteiger partial charge < -0.3 is 9.73 Å². The summed E-state index contributed by atoms with van der Waals surface area (Å²) >= 11 is 0. The summed E-state index contributed by atoms with van der Waals surface area (Å²) in [6.45, 7) is 0. The number of hydrogen-bond donors (Lipinski definition) is 1. The van der Waals surface area contributed by atoms with Crippen molar-refractivity contribution in [3.05, 3.63) is 205 Å². The molecule has 2 heterocycles. The van der Waals surface area contributed by atoms with Crippen molar-refractivity contribution in [1.29, 1.82) is 0 Å². The number of benzene rings is 10. The van der Waals surface area contributed by atoms with Crippen LogP contribution < -0.4 is 5.32 Å². The highest BCUT2D eigenvalue weighted by molar-refractivity contribution is 6.27. The standard InChI is InChI=1S/C53H33N3O/c1-3-14-38-34(12-1)30-46(43-18-7-5-16-41(38)43)52-54-51(55-53(56-52)47-31-35-13-2-4-15-39(35)42-17-6-8-19-44(42)47)37-27-25-32-28-36(26-24-33(32)29-37)40-21-11-23-49-50(40)45-20-9-10-22-48(45)57-49/h1-31,51H,(H,54,55,56). The molecule has 0 bridgehead atoms. The lowest BCUT2D eigenvalue weighted by molar-refractivity contribution is 0.669. The predicted octanol–water partition coefficient (Wildman–Crippen LogP) is 13.5. The maximum atomic E-state index is 6.23. The van der Waals surface area contributed by atoms with Crippen LogP contribution in [0.2, 0.25) is 0 Å². The topological polar surface area (TPSA) is 49.9 Å². The van der Waals surface area contributed by atoms with Gasteiger partial charge in [0.15, 0.2) is 6.17 Å². The summed E-state index contributed by atoms with van der Waals surface area (Å²) < 4.78 is 6.23. The third kappa shape index (κ3) is 5.08. The Morgan fingerprint density at radius 2 is 0.895 bits per heavy atom. The summed E-state index contributed by atoms with van der Waals surface area (Å²) in [5, 5.41) is 17.9. The third-order valence-corrected chi connectivity index (χ3v) is 11.7. The van der Waals surface area contributed by atoms with Gasteiger partial charge in [-0.15, -0.1) is 0 Å². The lowest BCUT2D eigenvalue weighted by Gasteiger charge is -2.24. The van der Waals surface area contributed by atoms with Crippen molar-refractivity contribution in [3.63, 3.8) is 0 Å². The quantitative estimate of drug-likeness (QED) is 0.184. The molecule has 266 valence electrons. The van der Waals surface area contributed by atoms with E-state index < -0.39 is 6.17 Å². The molecule has 57 heavy (non-hydrogen) atoms. The van der Waals surface area contributed by atoms with Crippen molar-refractivity contribution in [3.8, 4) is 11.1 Å². The van der Waals surface area contributed by atoms with Gasteiger partial charge in [0, 0.05) is 21.9 Å². The second kappa shape index (κ2) is 12.5. The molecule has 11 aromatic rings. The predicted molar refractivity (Wildman–Crippen MR) is 239 cm³/mol. The van der Waals surface area contributed by atoms with Crippen LogP contribution in [0.3, 0.4) is 0 Å². The molecule has 0 saturated heterocycles. The molecule has 0 fully saturated rings. The minimum atomic E-state index is -0.471. The van der Waals surface area contributed by atoms with Crippen molar-refractivity contribution in [2.24, 2.45) is 9.98 Å². The first-order chi connectivity index (χ1) is 28.2. The average Bonchev–Trinajstić information content (AvgIpc) is 3.67. The Kier molecular flexibility index (Phi) is 6.96. The normalized spacial score (nSPS) is 13.5. The van der Waals surface area contributed by atoms with E-state index in [1.54, 1.807) is 0 Å². The second-order valence-corrected chi connectivity index (χ2v) is 14.9. The molecule has 0 aliphatic carbocycles. The van der Waals surface area contributed by atoms with Crippen molar-refractivity contribution >= 4 is 87.5 Å². The highest BCUT2D eigenvalue weighted by Crippen LogP contribution is 2.39. The zero-order valence-electron chi connectivity index (χ0n) is 30.8. The van der Waals surface area contributed by atoms with Gasteiger partial charge in [0.2, 0.25) is 0 Å². The summed E-state index contributed by atoms with van der Waals surface area (Å²) in [4.78, 5) is 10.9. The number of furan rings is 1. The summed E-state index contributed by atoms with van der Waals surface area (Å²) in [5.41, 5.74) is 7.26. The molecular weight excluding hydrogens is 695 g/mol. The van der Waals surface area contributed by atoms with Crippen molar-refractivity contribution < 1.29 is 4.42 Å². The smallest absolute Gasteiger partial charge is 0.169 e. The summed E-state index contributed by atoms with van der Waals surface area (Å²) in [5.74, 6) is 1.61. The largest absolute Gasteiger partial charge is 0.456 e. The van der Waals surface area contributed by atoms with E-state index in [0.29, 0.717) is 0 Å². The van der Waals surface area contributed by atoms with E-state index in [4.69, 9.17) is 14.4 Å². The molecule has 1 aromatic heterocycles. The van der Waals surface area contributed by atoms with Crippen molar-refractivity contribution in [1.82, 2.24) is 5.32 Å². The number of nitrogens with one attached hydrogen (secondary N) is 1. The van der Waals surface area contributed by atoms with Gasteiger partial charge in [0.1, 0.15) is 22.8 Å². The minimum Gasteiger partial charge on any atom is -0.456 e. The van der Waals surface area contributed by atoms with Crippen LogP contribution in [0.4, 0.5) is 0 Å². The van der Waals surface area contributed by atoms with Crippen LogP contribution in [0.15, 0.2) is 202 Å². The van der Waals surface area contributed by atoms with Crippen molar-refractivity contribution in [2.75, 3.05) is 0 Å². The Morgan fingerprint density at radius 1 is 0.368 bits per heavy atom. The second-order valence-electron chi connectivity index (χ2n) is 14.9. The van der Waals surface area contributed by atoms with E-state index >= 15 is 0 Å². The maximum Gasteiger partial charge on any atom is 0.169 e. The SMILES string of the molecule is c1ccc2c(c1)cc(C1=NC(c3ccc4cc(-c5cccc6oc7ccccc7c56)ccc4c3)N=C(c3cc4ccccc4c4ccccc34)N1)c1ccccc12. The number of nitrogens with zero attached hydrogens (tertiary/aromatic N) is 2. The Hall–Kier alpha value is -7.56. The first kappa shape index (κ1) is 31.8. The molecule has 0 unspecified atom stereocenters. The average molecular weight is 728 g/mol. The number of para-hydroxylation sites is 1. The van der Waals surface area contributed by atoms with E-state index in [0.717, 1.165) is 83.0 Å². The molecule has 0 amide bonds. The lowest BCUT2D eigenvalue weighted by atomic mass is 9.94. The third-order valence-electron chi connectivity index (χ3n) is 11.7. The zero-order valence-corrected chi connectivity index (χ0v) is 30.8. The van der Waals surface area contributed by atoms with E-state index in [1.165, 1.54) is 32.3 Å².